The van der Waals surface area contributed by atoms with Gasteiger partial charge in [0.05, 0.1) is 12.2 Å². The molecule has 1 heterocycles. The molecule has 0 atom stereocenters. The summed E-state index contributed by atoms with van der Waals surface area (Å²) in [6.07, 6.45) is 5.25. The topological polar surface area (TPSA) is 15.7 Å². The number of morpholine rings is 1. The van der Waals surface area contributed by atoms with E-state index in [9.17, 15) is 0 Å². The summed E-state index contributed by atoms with van der Waals surface area (Å²) in [6, 6.07) is 0. The van der Waals surface area contributed by atoms with E-state index in [0.29, 0.717) is 0 Å². The van der Waals surface area contributed by atoms with E-state index in [-0.39, 0.29) is 5.60 Å². The molecular weight excluding hydrogens is 212 g/mol. The lowest BCUT2D eigenvalue weighted by atomic mass is 9.79. The first kappa shape index (κ1) is 13.3. The molecule has 3 nitrogen and oxygen atoms in total. The van der Waals surface area contributed by atoms with Crippen LogP contribution in [0.3, 0.4) is 0 Å². The Balaban J connectivity index is 1.65. The second kappa shape index (κ2) is 6.17. The second-order valence-electron chi connectivity index (χ2n) is 5.54. The van der Waals surface area contributed by atoms with Crippen LogP contribution >= 0.6 is 0 Å². The fourth-order valence-electron chi connectivity index (χ4n) is 3.05. The number of hydrogen-bond donors (Lipinski definition) is 0. The van der Waals surface area contributed by atoms with Crippen molar-refractivity contribution in [2.24, 2.45) is 0 Å². The van der Waals surface area contributed by atoms with Gasteiger partial charge in [0.15, 0.2) is 0 Å². The maximum Gasteiger partial charge on any atom is 0.0809 e. The van der Waals surface area contributed by atoms with Crippen LogP contribution < -0.4 is 0 Å². The van der Waals surface area contributed by atoms with E-state index >= 15 is 0 Å². The summed E-state index contributed by atoms with van der Waals surface area (Å²) >= 11 is 0. The molecule has 2 aliphatic rings. The average molecular weight is 240 g/mol. The van der Waals surface area contributed by atoms with Crippen LogP contribution in [0.4, 0.5) is 0 Å². The molecule has 100 valence electrons. The van der Waals surface area contributed by atoms with Gasteiger partial charge in [0.25, 0.3) is 0 Å². The molecule has 2 fully saturated rings. The van der Waals surface area contributed by atoms with Crippen LogP contribution in [-0.4, -0.2) is 61.3 Å². The van der Waals surface area contributed by atoms with E-state index in [1.165, 1.54) is 58.4 Å². The summed E-state index contributed by atoms with van der Waals surface area (Å²) in [4.78, 5) is 5.13. The third kappa shape index (κ3) is 3.43. The summed E-state index contributed by atoms with van der Waals surface area (Å²) < 4.78 is 5.95. The Bertz CT molecular complexity index is 224. The minimum absolute atomic E-state index is 0.271. The minimum atomic E-state index is 0.271. The lowest BCUT2D eigenvalue weighted by molar-refractivity contribution is -0.151. The highest BCUT2D eigenvalue weighted by Crippen LogP contribution is 2.38. The fourth-order valence-corrected chi connectivity index (χ4v) is 3.05. The van der Waals surface area contributed by atoms with Crippen molar-refractivity contribution >= 4 is 0 Å². The van der Waals surface area contributed by atoms with Gasteiger partial charge in [-0.1, -0.05) is 13.8 Å². The predicted octanol–water partition coefficient (Wildman–Crippen LogP) is 1.97. The molecule has 0 aromatic carbocycles. The van der Waals surface area contributed by atoms with E-state index in [2.05, 4.69) is 23.6 Å². The largest absolute Gasteiger partial charge is 0.372 e. The zero-order valence-electron chi connectivity index (χ0n) is 11.6. The molecule has 1 saturated carbocycles. The summed E-state index contributed by atoms with van der Waals surface area (Å²) in [5, 5.41) is 0. The summed E-state index contributed by atoms with van der Waals surface area (Å²) in [5.74, 6) is 0. The molecule has 17 heavy (non-hydrogen) atoms. The minimum Gasteiger partial charge on any atom is -0.372 e. The highest BCUT2D eigenvalue weighted by molar-refractivity contribution is 4.94. The Kier molecular flexibility index (Phi) is 4.83. The highest BCUT2D eigenvalue weighted by atomic mass is 16.5. The molecule has 1 aliphatic heterocycles. The molecule has 1 spiro atoms. The monoisotopic (exact) mass is 240 g/mol. The van der Waals surface area contributed by atoms with Gasteiger partial charge in [-0.3, -0.25) is 4.90 Å². The highest BCUT2D eigenvalue weighted by Gasteiger charge is 2.41. The van der Waals surface area contributed by atoms with Gasteiger partial charge in [0, 0.05) is 13.1 Å². The lowest BCUT2D eigenvalue weighted by Crippen LogP contribution is -2.55. The van der Waals surface area contributed by atoms with Crippen LogP contribution in [0.1, 0.15) is 39.5 Å². The molecule has 0 amide bonds. The first-order valence-electron chi connectivity index (χ1n) is 7.37. The van der Waals surface area contributed by atoms with Gasteiger partial charge in [-0.25, -0.2) is 0 Å². The first-order valence-corrected chi connectivity index (χ1v) is 7.37. The summed E-state index contributed by atoms with van der Waals surface area (Å²) in [6.45, 7) is 12.6. The second-order valence-corrected chi connectivity index (χ2v) is 5.54. The van der Waals surface area contributed by atoms with E-state index in [1.54, 1.807) is 0 Å². The van der Waals surface area contributed by atoms with Crippen molar-refractivity contribution in [2.75, 3.05) is 45.9 Å². The Morgan fingerprint density at radius 1 is 1.24 bits per heavy atom. The van der Waals surface area contributed by atoms with Gasteiger partial charge >= 0.3 is 0 Å². The maximum atomic E-state index is 5.95. The van der Waals surface area contributed by atoms with Crippen LogP contribution in [0.25, 0.3) is 0 Å². The van der Waals surface area contributed by atoms with Gasteiger partial charge < -0.3 is 9.64 Å². The zero-order valence-corrected chi connectivity index (χ0v) is 11.6. The van der Waals surface area contributed by atoms with Crippen molar-refractivity contribution in [3.63, 3.8) is 0 Å². The van der Waals surface area contributed by atoms with E-state index in [4.69, 9.17) is 4.74 Å². The molecule has 0 aromatic rings. The molecular formula is C14H28N2O. The molecule has 0 unspecified atom stereocenters. The third-order valence-electron chi connectivity index (χ3n) is 4.44. The quantitative estimate of drug-likeness (QED) is 0.706. The van der Waals surface area contributed by atoms with E-state index < -0.39 is 0 Å². The normalized spacial score (nSPS) is 24.2. The summed E-state index contributed by atoms with van der Waals surface area (Å²) in [5.41, 5.74) is 0.271. The van der Waals surface area contributed by atoms with Crippen molar-refractivity contribution in [3.05, 3.63) is 0 Å². The van der Waals surface area contributed by atoms with Crippen molar-refractivity contribution < 1.29 is 4.74 Å². The fraction of sp³-hybridized carbons (Fsp3) is 1.00. The number of ether oxygens (including phenoxy) is 1. The van der Waals surface area contributed by atoms with Gasteiger partial charge in [0.2, 0.25) is 0 Å². The van der Waals surface area contributed by atoms with Gasteiger partial charge in [0.1, 0.15) is 0 Å². The first-order chi connectivity index (χ1) is 8.28. The molecule has 2 rings (SSSR count). The SMILES string of the molecule is CCN(CC)CCCN1CCOC2(CCC2)C1. The Morgan fingerprint density at radius 2 is 2.00 bits per heavy atom. The number of nitrogens with zero attached hydrogens (tertiary/aromatic N) is 2. The average Bonchev–Trinajstić information content (AvgIpc) is 2.33. The Hall–Kier alpha value is -0.120. The maximum absolute atomic E-state index is 5.95. The molecule has 1 saturated heterocycles. The van der Waals surface area contributed by atoms with Crippen LogP contribution in [0, 0.1) is 0 Å². The van der Waals surface area contributed by atoms with Crippen LogP contribution in [0.2, 0.25) is 0 Å². The molecule has 3 heteroatoms. The van der Waals surface area contributed by atoms with Crippen molar-refractivity contribution in [3.8, 4) is 0 Å². The molecule has 0 bridgehead atoms. The van der Waals surface area contributed by atoms with Crippen LogP contribution in [0.5, 0.6) is 0 Å². The number of rotatable bonds is 6. The smallest absolute Gasteiger partial charge is 0.0809 e. The van der Waals surface area contributed by atoms with Gasteiger partial charge in [-0.05, 0) is 51.9 Å². The molecule has 0 N–H and O–H groups in total. The third-order valence-corrected chi connectivity index (χ3v) is 4.44. The van der Waals surface area contributed by atoms with Gasteiger partial charge in [-0.15, -0.1) is 0 Å². The Morgan fingerprint density at radius 3 is 2.59 bits per heavy atom. The van der Waals surface area contributed by atoms with Gasteiger partial charge in [-0.2, -0.15) is 0 Å². The molecule has 0 aromatic heterocycles. The lowest BCUT2D eigenvalue weighted by Gasteiger charge is -2.48. The van der Waals surface area contributed by atoms with Crippen molar-refractivity contribution in [1.82, 2.24) is 9.80 Å². The van der Waals surface area contributed by atoms with Crippen molar-refractivity contribution in [2.45, 2.75) is 45.1 Å². The molecule has 1 aliphatic carbocycles. The van der Waals surface area contributed by atoms with Crippen LogP contribution in [0.15, 0.2) is 0 Å². The predicted molar refractivity (Wildman–Crippen MR) is 71.4 cm³/mol. The van der Waals surface area contributed by atoms with E-state index in [1.807, 2.05) is 0 Å². The van der Waals surface area contributed by atoms with Crippen LogP contribution in [-0.2, 0) is 4.74 Å². The number of hydrogen-bond acceptors (Lipinski definition) is 3. The van der Waals surface area contributed by atoms with E-state index in [0.717, 1.165) is 13.2 Å². The standard InChI is InChI=1S/C14H28N2O/c1-3-15(4-2)9-6-10-16-11-12-17-14(13-16)7-5-8-14/h3-13H2,1-2H3. The van der Waals surface area contributed by atoms with Crippen molar-refractivity contribution in [1.29, 1.82) is 0 Å². The summed E-state index contributed by atoms with van der Waals surface area (Å²) in [7, 11) is 0. The molecule has 0 radical (unpaired) electrons. The zero-order chi connectivity index (χ0) is 12.1. The Labute approximate surface area is 106 Å².